The zero-order valence-corrected chi connectivity index (χ0v) is 19.0. The highest BCUT2D eigenvalue weighted by Crippen LogP contribution is 2.37. The quantitative estimate of drug-likeness (QED) is 0.518. The van der Waals surface area contributed by atoms with Gasteiger partial charge in [-0.25, -0.2) is 0 Å². The Morgan fingerprint density at radius 3 is 2.65 bits per heavy atom. The van der Waals surface area contributed by atoms with Gasteiger partial charge >= 0.3 is 0 Å². The molecule has 1 aliphatic heterocycles. The maximum Gasteiger partial charge on any atom is 0.257 e. The average Bonchev–Trinajstić information content (AvgIpc) is 3.13. The molecular weight excluding hydrogens is 418 g/mol. The summed E-state index contributed by atoms with van der Waals surface area (Å²) in [4.78, 5) is 27.6. The Morgan fingerprint density at radius 1 is 1.35 bits per heavy atom. The average molecular weight is 446 g/mol. The molecule has 0 aliphatic carbocycles. The van der Waals surface area contributed by atoms with Crippen LogP contribution >= 0.6 is 11.6 Å². The molecule has 0 spiro atoms. The highest BCUT2D eigenvalue weighted by Gasteiger charge is 2.35. The highest BCUT2D eigenvalue weighted by atomic mass is 35.5. The SMILES string of the molecule is C=CC(=O)N1CC(N(C)C(=O)c2coc(CNc3cc(C(C)(C)C)c(Cl)cc3O)c2)C1. The van der Waals surface area contributed by atoms with Crippen molar-refractivity contribution in [3.05, 3.63) is 59.0 Å². The number of nitrogens with zero attached hydrogens (tertiary/aromatic N) is 2. The number of hydrogen-bond acceptors (Lipinski definition) is 5. The van der Waals surface area contributed by atoms with Crippen molar-refractivity contribution in [3.8, 4) is 5.75 Å². The van der Waals surface area contributed by atoms with Gasteiger partial charge in [0.15, 0.2) is 0 Å². The van der Waals surface area contributed by atoms with E-state index >= 15 is 0 Å². The van der Waals surface area contributed by atoms with Crippen molar-refractivity contribution in [2.75, 3.05) is 25.5 Å². The molecule has 2 heterocycles. The lowest BCUT2D eigenvalue weighted by molar-refractivity contribution is -0.132. The summed E-state index contributed by atoms with van der Waals surface area (Å²) in [6, 6.07) is 4.99. The van der Waals surface area contributed by atoms with Gasteiger partial charge in [-0.2, -0.15) is 0 Å². The van der Waals surface area contributed by atoms with E-state index in [-0.39, 0.29) is 29.0 Å². The van der Waals surface area contributed by atoms with Crippen molar-refractivity contribution >= 4 is 29.1 Å². The third-order valence-corrected chi connectivity index (χ3v) is 5.78. The molecule has 2 N–H and O–H groups in total. The van der Waals surface area contributed by atoms with Gasteiger partial charge < -0.3 is 24.6 Å². The molecule has 2 aromatic rings. The van der Waals surface area contributed by atoms with Crippen LogP contribution in [-0.2, 0) is 16.8 Å². The molecule has 2 amide bonds. The molecule has 1 aromatic heterocycles. The van der Waals surface area contributed by atoms with Crippen LogP contribution in [0.5, 0.6) is 5.75 Å². The number of carbonyl (C=O) groups excluding carboxylic acids is 2. The van der Waals surface area contributed by atoms with Gasteiger partial charge in [0.25, 0.3) is 5.91 Å². The summed E-state index contributed by atoms with van der Waals surface area (Å²) in [7, 11) is 1.72. The minimum atomic E-state index is -0.177. The molecule has 0 atom stereocenters. The van der Waals surface area contributed by atoms with Crippen molar-refractivity contribution in [2.24, 2.45) is 0 Å². The summed E-state index contributed by atoms with van der Waals surface area (Å²) >= 11 is 6.27. The van der Waals surface area contributed by atoms with Crippen LogP contribution in [0.15, 0.2) is 41.5 Å². The second-order valence-corrected chi connectivity index (χ2v) is 9.18. The lowest BCUT2D eigenvalue weighted by atomic mass is 9.86. The standard InChI is InChI=1S/C23H28ClN3O4/c1-6-21(29)27-11-15(12-27)26(5)22(30)14-7-16(31-13-14)10-25-19-8-17(23(2,3)4)18(24)9-20(19)28/h6-9,13,15,25,28H,1,10-12H2,2-5H3. The number of likely N-dealkylation sites (tertiary alicyclic amines) is 1. The topological polar surface area (TPSA) is 86.0 Å². The Kier molecular flexibility index (Phi) is 6.36. The Bertz CT molecular complexity index is 1000. The molecule has 1 aromatic carbocycles. The summed E-state index contributed by atoms with van der Waals surface area (Å²) in [5, 5.41) is 13.9. The van der Waals surface area contributed by atoms with Crippen LogP contribution in [0.1, 0.15) is 42.5 Å². The fraction of sp³-hybridized carbons (Fsp3) is 0.391. The third kappa shape index (κ3) is 4.88. The number of phenols is 1. The predicted molar refractivity (Wildman–Crippen MR) is 121 cm³/mol. The largest absolute Gasteiger partial charge is 0.506 e. The van der Waals surface area contributed by atoms with Gasteiger partial charge in [-0.05, 0) is 29.2 Å². The monoisotopic (exact) mass is 445 g/mol. The van der Waals surface area contributed by atoms with Crippen LogP contribution in [0, 0.1) is 0 Å². The molecule has 0 saturated carbocycles. The van der Waals surface area contributed by atoms with Crippen LogP contribution in [0.4, 0.5) is 5.69 Å². The Balaban J connectivity index is 1.62. The minimum absolute atomic E-state index is 0.0327. The zero-order chi connectivity index (χ0) is 22.9. The molecule has 0 radical (unpaired) electrons. The van der Waals surface area contributed by atoms with Crippen LogP contribution in [0.25, 0.3) is 0 Å². The smallest absolute Gasteiger partial charge is 0.257 e. The number of likely N-dealkylation sites (N-methyl/N-ethyl adjacent to an activating group) is 1. The van der Waals surface area contributed by atoms with Gasteiger partial charge in [-0.15, -0.1) is 0 Å². The zero-order valence-electron chi connectivity index (χ0n) is 18.2. The van der Waals surface area contributed by atoms with Crippen LogP contribution in [-0.4, -0.2) is 52.9 Å². The van der Waals surface area contributed by atoms with Crippen molar-refractivity contribution in [1.82, 2.24) is 9.80 Å². The van der Waals surface area contributed by atoms with Gasteiger partial charge in [0.2, 0.25) is 5.91 Å². The molecule has 166 valence electrons. The summed E-state index contributed by atoms with van der Waals surface area (Å²) in [6.45, 7) is 10.9. The van der Waals surface area contributed by atoms with E-state index < -0.39 is 0 Å². The molecule has 8 heteroatoms. The lowest BCUT2D eigenvalue weighted by Crippen LogP contribution is -2.60. The van der Waals surface area contributed by atoms with Gasteiger partial charge in [0, 0.05) is 31.2 Å². The Labute approximate surface area is 187 Å². The number of anilines is 1. The predicted octanol–water partition coefficient (Wildman–Crippen LogP) is 4.02. The van der Waals surface area contributed by atoms with E-state index in [1.54, 1.807) is 22.9 Å². The first-order valence-electron chi connectivity index (χ1n) is 10.0. The summed E-state index contributed by atoms with van der Waals surface area (Å²) in [5.41, 5.74) is 1.71. The summed E-state index contributed by atoms with van der Waals surface area (Å²) in [5.74, 6) is 0.300. The number of phenolic OH excluding ortho intramolecular Hbond substituents is 1. The fourth-order valence-electron chi connectivity index (χ4n) is 3.43. The molecule has 31 heavy (non-hydrogen) atoms. The maximum atomic E-state index is 12.7. The third-order valence-electron chi connectivity index (χ3n) is 5.46. The number of aromatic hydroxyl groups is 1. The van der Waals surface area contributed by atoms with Crippen LogP contribution in [0.2, 0.25) is 5.02 Å². The molecule has 1 saturated heterocycles. The molecule has 1 fully saturated rings. The van der Waals surface area contributed by atoms with E-state index in [0.717, 1.165) is 5.56 Å². The number of halogens is 1. The molecular formula is C23H28ClN3O4. The van der Waals surface area contributed by atoms with E-state index in [1.807, 2.05) is 26.8 Å². The molecule has 0 unspecified atom stereocenters. The first-order chi connectivity index (χ1) is 14.5. The van der Waals surface area contributed by atoms with Crippen LogP contribution in [0.3, 0.4) is 0 Å². The minimum Gasteiger partial charge on any atom is -0.506 e. The van der Waals surface area contributed by atoms with Crippen molar-refractivity contribution < 1.29 is 19.1 Å². The molecule has 0 bridgehead atoms. The molecule has 1 aliphatic rings. The van der Waals surface area contributed by atoms with E-state index in [2.05, 4.69) is 11.9 Å². The maximum absolute atomic E-state index is 12.7. The van der Waals surface area contributed by atoms with Crippen LogP contribution < -0.4 is 5.32 Å². The van der Waals surface area contributed by atoms with Crippen molar-refractivity contribution in [3.63, 3.8) is 0 Å². The molecule has 7 nitrogen and oxygen atoms in total. The summed E-state index contributed by atoms with van der Waals surface area (Å²) < 4.78 is 5.53. The normalized spacial score (nSPS) is 14.2. The highest BCUT2D eigenvalue weighted by molar-refractivity contribution is 6.31. The number of hydrogen-bond donors (Lipinski definition) is 2. The number of rotatable bonds is 6. The van der Waals surface area contributed by atoms with Gasteiger partial charge in [0.1, 0.15) is 17.8 Å². The van der Waals surface area contributed by atoms with Gasteiger partial charge in [-0.1, -0.05) is 39.0 Å². The second-order valence-electron chi connectivity index (χ2n) is 8.77. The number of benzene rings is 1. The second kappa shape index (κ2) is 8.67. The number of furan rings is 1. The van der Waals surface area contributed by atoms with Gasteiger partial charge in [-0.3, -0.25) is 9.59 Å². The molecule has 3 rings (SSSR count). The first-order valence-corrected chi connectivity index (χ1v) is 10.4. The number of carbonyl (C=O) groups is 2. The van der Waals surface area contributed by atoms with E-state index in [4.69, 9.17) is 16.0 Å². The van der Waals surface area contributed by atoms with Gasteiger partial charge in [0.05, 0.1) is 23.8 Å². The fourth-order valence-corrected chi connectivity index (χ4v) is 3.87. The Hall–Kier alpha value is -2.93. The first kappa shape index (κ1) is 22.7. The van der Waals surface area contributed by atoms with Crippen molar-refractivity contribution in [1.29, 1.82) is 0 Å². The van der Waals surface area contributed by atoms with E-state index in [0.29, 0.717) is 41.7 Å². The Morgan fingerprint density at radius 2 is 2.03 bits per heavy atom. The number of nitrogens with one attached hydrogen (secondary N) is 1. The number of amides is 2. The lowest BCUT2D eigenvalue weighted by Gasteiger charge is -2.43. The van der Waals surface area contributed by atoms with E-state index in [9.17, 15) is 14.7 Å². The van der Waals surface area contributed by atoms with E-state index in [1.165, 1.54) is 18.4 Å². The summed E-state index contributed by atoms with van der Waals surface area (Å²) in [6.07, 6.45) is 2.69. The van der Waals surface area contributed by atoms with Crippen molar-refractivity contribution in [2.45, 2.75) is 38.8 Å².